The minimum absolute atomic E-state index is 0.353. The van der Waals surface area contributed by atoms with Crippen molar-refractivity contribution in [1.29, 1.82) is 0 Å². The maximum Gasteiger partial charge on any atom is 0.0453 e. The first-order valence-electron chi connectivity index (χ1n) is 8.12. The molecule has 0 saturated heterocycles. The summed E-state index contributed by atoms with van der Waals surface area (Å²) in [7, 11) is 2.18. The van der Waals surface area contributed by atoms with Gasteiger partial charge in [0.2, 0.25) is 0 Å². The second kappa shape index (κ2) is 9.45. The Morgan fingerprint density at radius 2 is 1.81 bits per heavy atom. The van der Waals surface area contributed by atoms with Crippen molar-refractivity contribution in [2.24, 2.45) is 17.6 Å². The molecule has 2 N–H and O–H groups in total. The number of nitrogens with two attached hydrogens (primary N) is 1. The van der Waals surface area contributed by atoms with E-state index < -0.39 is 0 Å². The first kappa shape index (κ1) is 18.5. The van der Waals surface area contributed by atoms with Gasteiger partial charge in [0.05, 0.1) is 0 Å². The summed E-state index contributed by atoms with van der Waals surface area (Å²) in [4.78, 5) is 2.39. The van der Waals surface area contributed by atoms with Gasteiger partial charge in [-0.1, -0.05) is 43.6 Å². The molecule has 0 aliphatic carbocycles. The van der Waals surface area contributed by atoms with E-state index in [1.165, 1.54) is 18.4 Å². The summed E-state index contributed by atoms with van der Waals surface area (Å²) in [6.07, 6.45) is 3.62. The zero-order valence-corrected chi connectivity index (χ0v) is 14.7. The van der Waals surface area contributed by atoms with Gasteiger partial charge < -0.3 is 5.73 Å². The minimum atomic E-state index is 0.353. The third-order valence-electron chi connectivity index (χ3n) is 4.58. The maximum absolute atomic E-state index is 6.29. The van der Waals surface area contributed by atoms with Gasteiger partial charge in [-0.05, 0) is 69.8 Å². The van der Waals surface area contributed by atoms with Crippen molar-refractivity contribution in [1.82, 2.24) is 4.90 Å². The SMILES string of the molecule is CC(C)C(CCN)CCCN(C)C(C)c1ccccc1Cl. The van der Waals surface area contributed by atoms with E-state index in [2.05, 4.69) is 44.9 Å². The smallest absolute Gasteiger partial charge is 0.0453 e. The van der Waals surface area contributed by atoms with Gasteiger partial charge in [0.15, 0.2) is 0 Å². The molecule has 0 aliphatic rings. The van der Waals surface area contributed by atoms with E-state index >= 15 is 0 Å². The number of halogens is 1. The van der Waals surface area contributed by atoms with Gasteiger partial charge in [0.25, 0.3) is 0 Å². The largest absolute Gasteiger partial charge is 0.330 e. The Balaban J connectivity index is 2.46. The molecular formula is C18H31ClN2. The summed E-state index contributed by atoms with van der Waals surface area (Å²) < 4.78 is 0. The topological polar surface area (TPSA) is 29.3 Å². The van der Waals surface area contributed by atoms with Crippen LogP contribution in [0.4, 0.5) is 0 Å². The quantitative estimate of drug-likeness (QED) is 0.714. The van der Waals surface area contributed by atoms with Crippen molar-refractivity contribution in [3.05, 3.63) is 34.9 Å². The van der Waals surface area contributed by atoms with Crippen LogP contribution >= 0.6 is 11.6 Å². The Bertz CT molecular complexity index is 406. The van der Waals surface area contributed by atoms with Crippen LogP contribution in [0.5, 0.6) is 0 Å². The molecule has 0 amide bonds. The molecular weight excluding hydrogens is 280 g/mol. The van der Waals surface area contributed by atoms with Gasteiger partial charge in [-0.3, -0.25) is 4.90 Å². The highest BCUT2D eigenvalue weighted by Crippen LogP contribution is 2.27. The molecule has 2 nitrogen and oxygen atoms in total. The van der Waals surface area contributed by atoms with E-state index in [9.17, 15) is 0 Å². The molecule has 0 radical (unpaired) electrons. The van der Waals surface area contributed by atoms with Crippen molar-refractivity contribution in [2.45, 2.75) is 46.1 Å². The third-order valence-corrected chi connectivity index (χ3v) is 4.93. The van der Waals surface area contributed by atoms with Crippen molar-refractivity contribution >= 4 is 11.6 Å². The monoisotopic (exact) mass is 310 g/mol. The van der Waals surface area contributed by atoms with Crippen LogP contribution < -0.4 is 5.73 Å². The van der Waals surface area contributed by atoms with Crippen molar-refractivity contribution < 1.29 is 0 Å². The van der Waals surface area contributed by atoms with Crippen LogP contribution in [0.15, 0.2) is 24.3 Å². The van der Waals surface area contributed by atoms with Gasteiger partial charge in [-0.25, -0.2) is 0 Å². The Morgan fingerprint density at radius 1 is 1.14 bits per heavy atom. The van der Waals surface area contributed by atoms with Gasteiger partial charge >= 0.3 is 0 Å². The molecule has 0 spiro atoms. The molecule has 1 aromatic carbocycles. The Hall–Kier alpha value is -0.570. The summed E-state index contributed by atoms with van der Waals surface area (Å²) >= 11 is 6.29. The highest BCUT2D eigenvalue weighted by molar-refractivity contribution is 6.31. The number of benzene rings is 1. The Labute approximate surface area is 135 Å². The van der Waals surface area contributed by atoms with Crippen LogP contribution in [-0.4, -0.2) is 25.0 Å². The van der Waals surface area contributed by atoms with Crippen LogP contribution in [0.3, 0.4) is 0 Å². The number of nitrogens with zero attached hydrogens (tertiary/aromatic N) is 1. The molecule has 0 bridgehead atoms. The Morgan fingerprint density at radius 3 is 2.38 bits per heavy atom. The van der Waals surface area contributed by atoms with Crippen LogP contribution in [0.1, 0.15) is 51.6 Å². The summed E-state index contributed by atoms with van der Waals surface area (Å²) in [5.74, 6) is 1.47. The van der Waals surface area contributed by atoms with Gasteiger partial charge in [0, 0.05) is 11.1 Å². The normalized spacial score (nSPS) is 14.7. The maximum atomic E-state index is 6.29. The first-order valence-corrected chi connectivity index (χ1v) is 8.49. The molecule has 3 heteroatoms. The molecule has 0 aromatic heterocycles. The van der Waals surface area contributed by atoms with Crippen molar-refractivity contribution in [2.75, 3.05) is 20.1 Å². The predicted molar refractivity (Wildman–Crippen MR) is 93.7 cm³/mol. The highest BCUT2D eigenvalue weighted by Gasteiger charge is 2.16. The fraction of sp³-hybridized carbons (Fsp3) is 0.667. The molecule has 1 rings (SSSR count). The summed E-state index contributed by atoms with van der Waals surface area (Å²) in [6, 6.07) is 8.48. The molecule has 2 atom stereocenters. The Kier molecular flexibility index (Phi) is 8.31. The average molecular weight is 311 g/mol. The average Bonchev–Trinajstić information content (AvgIpc) is 2.45. The fourth-order valence-corrected chi connectivity index (χ4v) is 3.17. The second-order valence-corrected chi connectivity index (χ2v) is 6.81. The van der Waals surface area contributed by atoms with E-state index in [1.807, 2.05) is 12.1 Å². The summed E-state index contributed by atoms with van der Waals surface area (Å²) in [5, 5.41) is 0.861. The molecule has 21 heavy (non-hydrogen) atoms. The standard InChI is InChI=1S/C18H31ClN2/c1-14(2)16(11-12-20)8-7-13-21(4)15(3)17-9-5-6-10-18(17)19/h5-6,9-10,14-16H,7-8,11-13,20H2,1-4H3. The third kappa shape index (κ3) is 5.98. The number of hydrogen-bond acceptors (Lipinski definition) is 2. The van der Waals surface area contributed by atoms with Crippen molar-refractivity contribution in [3.8, 4) is 0 Å². The lowest BCUT2D eigenvalue weighted by Crippen LogP contribution is -2.25. The lowest BCUT2D eigenvalue weighted by Gasteiger charge is -2.27. The molecule has 120 valence electrons. The van der Waals surface area contributed by atoms with Gasteiger partial charge in [-0.2, -0.15) is 0 Å². The van der Waals surface area contributed by atoms with Crippen LogP contribution in [0.25, 0.3) is 0 Å². The lowest BCUT2D eigenvalue weighted by molar-refractivity contribution is 0.238. The fourth-order valence-electron chi connectivity index (χ4n) is 2.87. The van der Waals surface area contributed by atoms with Gasteiger partial charge in [-0.15, -0.1) is 0 Å². The molecule has 1 aromatic rings. The second-order valence-electron chi connectivity index (χ2n) is 6.40. The van der Waals surface area contributed by atoms with Crippen LogP contribution in [0, 0.1) is 11.8 Å². The lowest BCUT2D eigenvalue weighted by atomic mass is 9.88. The molecule has 0 fully saturated rings. The predicted octanol–water partition coefficient (Wildman–Crippen LogP) is 4.73. The minimum Gasteiger partial charge on any atom is -0.330 e. The first-order chi connectivity index (χ1) is 9.97. The van der Waals surface area contributed by atoms with Crippen molar-refractivity contribution in [3.63, 3.8) is 0 Å². The van der Waals surface area contributed by atoms with E-state index in [-0.39, 0.29) is 0 Å². The zero-order valence-electron chi connectivity index (χ0n) is 14.0. The molecule has 0 aliphatic heterocycles. The van der Waals surface area contributed by atoms with Crippen LogP contribution in [0.2, 0.25) is 5.02 Å². The highest BCUT2D eigenvalue weighted by atomic mass is 35.5. The number of rotatable bonds is 9. The van der Waals surface area contributed by atoms with E-state index in [0.29, 0.717) is 6.04 Å². The van der Waals surface area contributed by atoms with E-state index in [1.54, 1.807) is 0 Å². The number of hydrogen-bond donors (Lipinski definition) is 1. The zero-order chi connectivity index (χ0) is 15.8. The van der Waals surface area contributed by atoms with Crippen LogP contribution in [-0.2, 0) is 0 Å². The van der Waals surface area contributed by atoms with E-state index in [0.717, 1.165) is 36.4 Å². The van der Waals surface area contributed by atoms with Gasteiger partial charge in [0.1, 0.15) is 0 Å². The molecule has 0 saturated carbocycles. The van der Waals surface area contributed by atoms with E-state index in [4.69, 9.17) is 17.3 Å². The molecule has 0 heterocycles. The summed E-state index contributed by atoms with van der Waals surface area (Å²) in [5.41, 5.74) is 6.93. The summed E-state index contributed by atoms with van der Waals surface area (Å²) in [6.45, 7) is 8.72. The molecule has 2 unspecified atom stereocenters.